The molecule has 0 radical (unpaired) electrons. The molecule has 3 nitrogen and oxygen atoms in total. The van der Waals surface area contributed by atoms with Crippen LogP contribution in [0.2, 0.25) is 0 Å². The zero-order valence-corrected chi connectivity index (χ0v) is 10.0. The minimum Gasteiger partial charge on any atom is -0.396 e. The second-order valence-corrected chi connectivity index (χ2v) is 5.32. The van der Waals surface area contributed by atoms with Crippen LogP contribution in [0.5, 0.6) is 0 Å². The Morgan fingerprint density at radius 1 is 1.53 bits per heavy atom. The Morgan fingerprint density at radius 3 is 3.20 bits per heavy atom. The van der Waals surface area contributed by atoms with E-state index in [0.29, 0.717) is 5.92 Å². The molecule has 0 amide bonds. The fraction of sp³-hybridized carbons (Fsp3) is 0.400. The first-order valence-corrected chi connectivity index (χ1v) is 6.59. The highest BCUT2D eigenvalue weighted by atomic mass is 32.2. The molecule has 2 heterocycles. The summed E-state index contributed by atoms with van der Waals surface area (Å²) in [5.74, 6) is 1.19. The number of rotatable bonds is 4. The van der Waals surface area contributed by atoms with Gasteiger partial charge in [0.2, 0.25) is 0 Å². The van der Waals surface area contributed by atoms with Crippen LogP contribution in [0.15, 0.2) is 22.8 Å². The summed E-state index contributed by atoms with van der Waals surface area (Å²) in [4.78, 5) is 9.49. The van der Waals surface area contributed by atoms with Crippen molar-refractivity contribution in [2.24, 2.45) is 5.92 Å². The van der Waals surface area contributed by atoms with Gasteiger partial charge in [-0.25, -0.2) is 9.97 Å². The van der Waals surface area contributed by atoms with E-state index in [9.17, 15) is 0 Å². The first kappa shape index (κ1) is 10.9. The van der Waals surface area contributed by atoms with Crippen LogP contribution in [0.1, 0.15) is 6.92 Å². The minimum absolute atomic E-state index is 0.227. The molecule has 1 unspecified atom stereocenters. The minimum atomic E-state index is 0.227. The van der Waals surface area contributed by atoms with Crippen molar-refractivity contribution < 1.29 is 5.11 Å². The molecule has 0 saturated carbocycles. The highest BCUT2D eigenvalue weighted by Gasteiger charge is 2.07. The van der Waals surface area contributed by atoms with Crippen LogP contribution in [0.25, 0.3) is 10.2 Å². The van der Waals surface area contributed by atoms with E-state index in [-0.39, 0.29) is 6.61 Å². The first-order valence-electron chi connectivity index (χ1n) is 4.73. The van der Waals surface area contributed by atoms with Crippen molar-refractivity contribution in [2.75, 3.05) is 12.4 Å². The SMILES string of the molecule is CC(CO)CSc1ncnc2sccc12. The molecule has 1 atom stereocenters. The fourth-order valence-electron chi connectivity index (χ4n) is 1.16. The number of aliphatic hydroxyl groups excluding tert-OH is 1. The second-order valence-electron chi connectivity index (χ2n) is 3.42. The third-order valence-electron chi connectivity index (χ3n) is 2.04. The number of thiophene rings is 1. The number of fused-ring (bicyclic) bond motifs is 1. The largest absolute Gasteiger partial charge is 0.396 e. The fourth-order valence-corrected chi connectivity index (χ4v) is 2.94. The molecule has 0 aliphatic rings. The van der Waals surface area contributed by atoms with Gasteiger partial charge in [0.1, 0.15) is 16.2 Å². The molecule has 0 spiro atoms. The van der Waals surface area contributed by atoms with Gasteiger partial charge in [-0.2, -0.15) is 0 Å². The van der Waals surface area contributed by atoms with Gasteiger partial charge in [0.15, 0.2) is 0 Å². The average Bonchev–Trinajstić information content (AvgIpc) is 2.74. The Morgan fingerprint density at radius 2 is 2.40 bits per heavy atom. The van der Waals surface area contributed by atoms with Gasteiger partial charge in [-0.15, -0.1) is 23.1 Å². The molecule has 0 fully saturated rings. The molecular formula is C10H12N2OS2. The van der Waals surface area contributed by atoms with Crippen molar-refractivity contribution in [3.8, 4) is 0 Å². The molecular weight excluding hydrogens is 228 g/mol. The summed E-state index contributed by atoms with van der Waals surface area (Å²) < 4.78 is 0. The summed E-state index contributed by atoms with van der Waals surface area (Å²) in [6, 6.07) is 2.05. The Labute approximate surface area is 96.6 Å². The van der Waals surface area contributed by atoms with Crippen molar-refractivity contribution >= 4 is 33.3 Å². The molecule has 0 bridgehead atoms. The highest BCUT2D eigenvalue weighted by Crippen LogP contribution is 2.28. The predicted molar refractivity (Wildman–Crippen MR) is 64.4 cm³/mol. The molecule has 15 heavy (non-hydrogen) atoms. The van der Waals surface area contributed by atoms with Crippen molar-refractivity contribution in [1.82, 2.24) is 9.97 Å². The number of thioether (sulfide) groups is 1. The Hall–Kier alpha value is -0.650. The van der Waals surface area contributed by atoms with Gasteiger partial charge >= 0.3 is 0 Å². The van der Waals surface area contributed by atoms with Gasteiger partial charge in [0.05, 0.1) is 0 Å². The standard InChI is InChI=1S/C10H12N2OS2/c1-7(4-13)5-15-10-8-2-3-14-9(8)11-6-12-10/h2-3,6-7,13H,4-5H2,1H3. The van der Waals surface area contributed by atoms with Gasteiger partial charge in [-0.1, -0.05) is 6.92 Å². The van der Waals surface area contributed by atoms with Crippen molar-refractivity contribution in [2.45, 2.75) is 11.9 Å². The molecule has 0 aliphatic carbocycles. The molecule has 1 N–H and O–H groups in total. The number of aliphatic hydroxyl groups is 1. The van der Waals surface area contributed by atoms with E-state index in [1.807, 2.05) is 18.4 Å². The van der Waals surface area contributed by atoms with Crippen LogP contribution < -0.4 is 0 Å². The summed E-state index contributed by atoms with van der Waals surface area (Å²) in [5.41, 5.74) is 0. The average molecular weight is 240 g/mol. The lowest BCUT2D eigenvalue weighted by atomic mass is 10.2. The Kier molecular flexibility index (Phi) is 3.56. The van der Waals surface area contributed by atoms with Crippen molar-refractivity contribution in [1.29, 1.82) is 0 Å². The van der Waals surface area contributed by atoms with Gasteiger partial charge in [0.25, 0.3) is 0 Å². The van der Waals surface area contributed by atoms with Crippen LogP contribution in [0.3, 0.4) is 0 Å². The molecule has 2 rings (SSSR count). The van der Waals surface area contributed by atoms with Crippen molar-refractivity contribution in [3.05, 3.63) is 17.8 Å². The topological polar surface area (TPSA) is 46.0 Å². The number of hydrogen-bond donors (Lipinski definition) is 1. The third-order valence-corrected chi connectivity index (χ3v) is 4.20. The predicted octanol–water partition coefficient (Wildman–Crippen LogP) is 2.41. The zero-order chi connectivity index (χ0) is 10.7. The molecule has 0 aliphatic heterocycles. The van der Waals surface area contributed by atoms with Gasteiger partial charge in [-0.05, 0) is 17.4 Å². The van der Waals surface area contributed by atoms with E-state index in [1.165, 1.54) is 0 Å². The molecule has 5 heteroatoms. The van der Waals surface area contributed by atoms with Crippen LogP contribution in [-0.2, 0) is 0 Å². The van der Waals surface area contributed by atoms with Crippen molar-refractivity contribution in [3.63, 3.8) is 0 Å². The maximum absolute atomic E-state index is 8.94. The summed E-state index contributed by atoms with van der Waals surface area (Å²) in [6.45, 7) is 2.25. The monoisotopic (exact) mass is 240 g/mol. The maximum Gasteiger partial charge on any atom is 0.127 e. The zero-order valence-electron chi connectivity index (χ0n) is 8.38. The molecule has 2 aromatic heterocycles. The lowest BCUT2D eigenvalue weighted by Gasteiger charge is -2.06. The van der Waals surface area contributed by atoms with E-state index in [0.717, 1.165) is 21.0 Å². The molecule has 2 aromatic rings. The third kappa shape index (κ3) is 2.48. The Balaban J connectivity index is 2.17. The van der Waals surface area contributed by atoms with Crippen LogP contribution in [0.4, 0.5) is 0 Å². The van der Waals surface area contributed by atoms with Crippen LogP contribution in [0, 0.1) is 5.92 Å². The van der Waals surface area contributed by atoms with Crippen LogP contribution >= 0.6 is 23.1 Å². The smallest absolute Gasteiger partial charge is 0.127 e. The summed E-state index contributed by atoms with van der Waals surface area (Å²) in [6.07, 6.45) is 1.60. The molecule has 0 saturated heterocycles. The Bertz CT molecular complexity index is 444. The van der Waals surface area contributed by atoms with E-state index < -0.39 is 0 Å². The molecule has 0 aromatic carbocycles. The van der Waals surface area contributed by atoms with Gasteiger partial charge in [-0.3, -0.25) is 0 Å². The quantitative estimate of drug-likeness (QED) is 0.658. The number of aromatic nitrogens is 2. The summed E-state index contributed by atoms with van der Waals surface area (Å²) in [7, 11) is 0. The number of hydrogen-bond acceptors (Lipinski definition) is 5. The van der Waals surface area contributed by atoms with Gasteiger partial charge in [0, 0.05) is 17.7 Å². The number of nitrogens with zero attached hydrogens (tertiary/aromatic N) is 2. The van der Waals surface area contributed by atoms with Gasteiger partial charge < -0.3 is 5.11 Å². The summed E-state index contributed by atoms with van der Waals surface area (Å²) >= 11 is 3.31. The van der Waals surface area contributed by atoms with E-state index in [4.69, 9.17) is 5.11 Å². The first-order chi connectivity index (χ1) is 7.31. The lowest BCUT2D eigenvalue weighted by molar-refractivity contribution is 0.250. The maximum atomic E-state index is 8.94. The van der Waals surface area contributed by atoms with E-state index in [2.05, 4.69) is 9.97 Å². The second kappa shape index (κ2) is 4.92. The summed E-state index contributed by atoms with van der Waals surface area (Å²) in [5, 5.41) is 13.1. The lowest BCUT2D eigenvalue weighted by Crippen LogP contribution is -2.03. The molecule has 80 valence electrons. The van der Waals surface area contributed by atoms with Crippen LogP contribution in [-0.4, -0.2) is 27.4 Å². The van der Waals surface area contributed by atoms with E-state index in [1.54, 1.807) is 29.4 Å². The highest BCUT2D eigenvalue weighted by molar-refractivity contribution is 7.99. The van der Waals surface area contributed by atoms with E-state index >= 15 is 0 Å². The normalized spacial score (nSPS) is 13.2.